The molecule has 2 amide bonds. The number of amides is 2. The van der Waals surface area contributed by atoms with Gasteiger partial charge in [-0.25, -0.2) is 4.79 Å². The van der Waals surface area contributed by atoms with E-state index in [1.807, 2.05) is 0 Å². The second-order valence-electron chi connectivity index (χ2n) is 2.19. The molecule has 0 spiro atoms. The van der Waals surface area contributed by atoms with E-state index in [2.05, 4.69) is 5.32 Å². The minimum absolute atomic E-state index is 0.00345. The molecule has 0 saturated heterocycles. The van der Waals surface area contributed by atoms with E-state index in [1.54, 1.807) is 13.0 Å². The summed E-state index contributed by atoms with van der Waals surface area (Å²) in [4.78, 5) is 20.8. The van der Waals surface area contributed by atoms with Crippen LogP contribution in [-0.2, 0) is 4.79 Å². The number of ketones is 1. The Balaban J connectivity index is 3.74. The third kappa shape index (κ3) is 5.14. The van der Waals surface area contributed by atoms with Crippen molar-refractivity contribution in [2.24, 2.45) is 5.73 Å². The lowest BCUT2D eigenvalue weighted by atomic mass is 10.2. The Morgan fingerprint density at radius 1 is 1.45 bits per heavy atom. The third-order valence-electron chi connectivity index (χ3n) is 1.24. The average Bonchev–Trinajstić information content (AvgIpc) is 1.86. The lowest BCUT2D eigenvalue weighted by Gasteiger charge is -1.96. The largest absolute Gasteiger partial charge is 0.352 e. The molecule has 0 aromatic rings. The number of rotatable bonds is 3. The smallest absolute Gasteiger partial charge is 0.312 e. The van der Waals surface area contributed by atoms with Crippen molar-refractivity contribution in [3.63, 3.8) is 0 Å². The van der Waals surface area contributed by atoms with Gasteiger partial charge in [-0.15, -0.1) is 0 Å². The molecule has 4 nitrogen and oxygen atoms in total. The fourth-order valence-electron chi connectivity index (χ4n) is 0.448. The van der Waals surface area contributed by atoms with E-state index in [0.717, 1.165) is 0 Å². The van der Waals surface area contributed by atoms with Gasteiger partial charge >= 0.3 is 6.03 Å². The zero-order valence-corrected chi connectivity index (χ0v) is 6.68. The second-order valence-corrected chi connectivity index (χ2v) is 2.19. The topological polar surface area (TPSA) is 72.2 Å². The first-order valence-electron chi connectivity index (χ1n) is 3.25. The monoisotopic (exact) mass is 156 g/mol. The lowest BCUT2D eigenvalue weighted by Crippen LogP contribution is -2.29. The lowest BCUT2D eigenvalue weighted by molar-refractivity contribution is -0.113. The molecular weight excluding hydrogens is 144 g/mol. The first-order chi connectivity index (χ1) is 5.04. The number of carbonyl (C=O) groups excluding carboxylic acids is 2. The molecule has 11 heavy (non-hydrogen) atoms. The highest BCUT2D eigenvalue weighted by atomic mass is 16.2. The van der Waals surface area contributed by atoms with Crippen LogP contribution in [0.25, 0.3) is 0 Å². The summed E-state index contributed by atoms with van der Waals surface area (Å²) in [5.74, 6) is -0.00345. The molecular formula is C7H12N2O2. The van der Waals surface area contributed by atoms with Gasteiger partial charge in [0.1, 0.15) is 0 Å². The van der Waals surface area contributed by atoms with Crippen LogP contribution < -0.4 is 11.1 Å². The van der Waals surface area contributed by atoms with E-state index < -0.39 is 6.03 Å². The molecule has 0 aliphatic rings. The molecule has 0 aliphatic carbocycles. The van der Waals surface area contributed by atoms with Gasteiger partial charge in [0, 0.05) is 6.54 Å². The Morgan fingerprint density at radius 2 is 2.00 bits per heavy atom. The quantitative estimate of drug-likeness (QED) is 0.572. The number of hydrogen-bond acceptors (Lipinski definition) is 2. The third-order valence-corrected chi connectivity index (χ3v) is 1.24. The molecule has 0 fully saturated rings. The van der Waals surface area contributed by atoms with Crippen LogP contribution in [0.3, 0.4) is 0 Å². The van der Waals surface area contributed by atoms with Gasteiger partial charge in [0.25, 0.3) is 0 Å². The van der Waals surface area contributed by atoms with Crippen LogP contribution in [0.2, 0.25) is 0 Å². The number of nitrogens with two attached hydrogens (primary N) is 1. The Morgan fingerprint density at radius 3 is 2.36 bits per heavy atom. The summed E-state index contributed by atoms with van der Waals surface area (Å²) >= 11 is 0. The highest BCUT2D eigenvalue weighted by molar-refractivity contribution is 5.92. The van der Waals surface area contributed by atoms with Gasteiger partial charge in [0.05, 0.1) is 0 Å². The maximum Gasteiger partial charge on any atom is 0.312 e. The van der Waals surface area contributed by atoms with E-state index in [0.29, 0.717) is 12.1 Å². The van der Waals surface area contributed by atoms with E-state index in [-0.39, 0.29) is 5.78 Å². The van der Waals surface area contributed by atoms with E-state index in [9.17, 15) is 9.59 Å². The molecule has 3 N–H and O–H groups in total. The summed E-state index contributed by atoms with van der Waals surface area (Å²) in [7, 11) is 0. The molecule has 0 bridgehead atoms. The van der Waals surface area contributed by atoms with Gasteiger partial charge in [0.2, 0.25) is 0 Å². The Bertz CT molecular complexity index is 197. The minimum atomic E-state index is -0.586. The van der Waals surface area contributed by atoms with Crippen LogP contribution in [0, 0.1) is 0 Å². The van der Waals surface area contributed by atoms with Gasteiger partial charge < -0.3 is 11.1 Å². The van der Waals surface area contributed by atoms with Gasteiger partial charge in [-0.05, 0) is 19.4 Å². The van der Waals surface area contributed by atoms with E-state index in [4.69, 9.17) is 5.73 Å². The number of carbonyl (C=O) groups is 2. The minimum Gasteiger partial charge on any atom is -0.352 e. The first-order valence-corrected chi connectivity index (χ1v) is 3.25. The van der Waals surface area contributed by atoms with Crippen LogP contribution in [0.5, 0.6) is 0 Å². The standard InChI is InChI=1S/C7H12N2O2/c1-5(6(2)10)3-4-9-7(8)11/h3H,4H2,1-2H3,(H3,8,9,11)/b5-3-. The summed E-state index contributed by atoms with van der Waals surface area (Å²) < 4.78 is 0. The number of hydrogen-bond donors (Lipinski definition) is 2. The second kappa shape index (κ2) is 4.49. The van der Waals surface area contributed by atoms with Crippen molar-refractivity contribution in [1.82, 2.24) is 5.32 Å². The highest BCUT2D eigenvalue weighted by Crippen LogP contribution is 1.91. The van der Waals surface area contributed by atoms with Crippen molar-refractivity contribution in [3.8, 4) is 0 Å². The first kappa shape index (κ1) is 9.68. The van der Waals surface area contributed by atoms with Crippen molar-refractivity contribution in [3.05, 3.63) is 11.6 Å². The van der Waals surface area contributed by atoms with Crippen molar-refractivity contribution in [1.29, 1.82) is 0 Å². The Hall–Kier alpha value is -1.32. The van der Waals surface area contributed by atoms with Gasteiger partial charge in [-0.1, -0.05) is 6.08 Å². The molecule has 0 heterocycles. The van der Waals surface area contributed by atoms with Gasteiger partial charge in [-0.3, -0.25) is 4.79 Å². The molecule has 0 aromatic heterocycles. The maximum atomic E-state index is 10.6. The molecule has 0 aromatic carbocycles. The predicted molar refractivity (Wildman–Crippen MR) is 42.0 cm³/mol. The van der Waals surface area contributed by atoms with Crippen LogP contribution in [0.1, 0.15) is 13.8 Å². The van der Waals surface area contributed by atoms with Crippen molar-refractivity contribution >= 4 is 11.8 Å². The SMILES string of the molecule is CC(=O)/C(C)=C\CNC(N)=O. The van der Waals surface area contributed by atoms with Crippen molar-refractivity contribution in [2.45, 2.75) is 13.8 Å². The van der Waals surface area contributed by atoms with Crippen molar-refractivity contribution in [2.75, 3.05) is 6.54 Å². The summed E-state index contributed by atoms with van der Waals surface area (Å²) in [5, 5.41) is 2.34. The molecule has 0 unspecified atom stereocenters. The summed E-state index contributed by atoms with van der Waals surface area (Å²) in [5.41, 5.74) is 5.41. The zero-order valence-electron chi connectivity index (χ0n) is 6.68. The maximum absolute atomic E-state index is 10.6. The number of nitrogens with one attached hydrogen (secondary N) is 1. The van der Waals surface area contributed by atoms with E-state index >= 15 is 0 Å². The van der Waals surface area contributed by atoms with E-state index in [1.165, 1.54) is 6.92 Å². The van der Waals surface area contributed by atoms with Gasteiger partial charge in [-0.2, -0.15) is 0 Å². The number of Topliss-reactive ketones (excluding diaryl/α,β-unsaturated/α-hetero) is 1. The average molecular weight is 156 g/mol. The Labute approximate surface area is 65.5 Å². The highest BCUT2D eigenvalue weighted by Gasteiger charge is 1.94. The van der Waals surface area contributed by atoms with Crippen LogP contribution in [-0.4, -0.2) is 18.4 Å². The molecule has 0 saturated carbocycles. The van der Waals surface area contributed by atoms with Crippen molar-refractivity contribution < 1.29 is 9.59 Å². The number of urea groups is 1. The molecule has 0 atom stereocenters. The summed E-state index contributed by atoms with van der Waals surface area (Å²) in [6.45, 7) is 3.46. The fourth-order valence-corrected chi connectivity index (χ4v) is 0.448. The van der Waals surface area contributed by atoms with Gasteiger partial charge in [0.15, 0.2) is 5.78 Å². The predicted octanol–water partition coefficient (Wildman–Crippen LogP) is 0.190. The molecule has 0 rings (SSSR count). The summed E-state index contributed by atoms with van der Waals surface area (Å²) in [6, 6.07) is -0.586. The van der Waals surface area contributed by atoms with Crippen LogP contribution in [0.4, 0.5) is 4.79 Å². The fraction of sp³-hybridized carbons (Fsp3) is 0.429. The Kier molecular flexibility index (Phi) is 3.95. The molecule has 0 aliphatic heterocycles. The molecule has 62 valence electrons. The zero-order chi connectivity index (χ0) is 8.85. The van der Waals surface area contributed by atoms with Crippen LogP contribution >= 0.6 is 0 Å². The number of allylic oxidation sites excluding steroid dienone is 1. The summed E-state index contributed by atoms with van der Waals surface area (Å²) in [6.07, 6.45) is 1.62. The van der Waals surface area contributed by atoms with Crippen LogP contribution in [0.15, 0.2) is 11.6 Å². The number of primary amides is 1. The molecule has 0 radical (unpaired) electrons. The molecule has 4 heteroatoms. The normalized spacial score (nSPS) is 10.9.